The molecule has 0 unspecified atom stereocenters. The molecule has 0 aliphatic heterocycles. The molecule has 0 fully saturated rings. The molecular weight excluding hydrogens is 462 g/mol. The molecule has 0 bridgehead atoms. The fourth-order valence-electron chi connectivity index (χ4n) is 3.46. The van der Waals surface area contributed by atoms with Crippen LogP contribution in [-0.2, 0) is 12.3 Å². The lowest BCUT2D eigenvalue weighted by Crippen LogP contribution is -2.14. The van der Waals surface area contributed by atoms with Crippen LogP contribution in [0.3, 0.4) is 0 Å². The van der Waals surface area contributed by atoms with Gasteiger partial charge in [-0.3, -0.25) is 13.8 Å². The monoisotopic (exact) mass is 479 g/mol. The third-order valence-corrected chi connectivity index (χ3v) is 7.27. The van der Waals surface area contributed by atoms with Crippen molar-refractivity contribution in [1.82, 2.24) is 24.1 Å². The van der Waals surface area contributed by atoms with Crippen LogP contribution >= 0.6 is 34.7 Å². The number of halogens is 1. The van der Waals surface area contributed by atoms with E-state index in [2.05, 4.69) is 31.9 Å². The minimum absolute atomic E-state index is 0.0631. The SMILES string of the molecule is Cc1csc2nc(CSc3nnc(-c4ccccc4Cl)n3Cc3ccccc3)cc(=O)n12. The van der Waals surface area contributed by atoms with Crippen LogP contribution in [-0.4, -0.2) is 24.1 Å². The van der Waals surface area contributed by atoms with E-state index in [0.717, 1.165) is 27.7 Å². The number of nitrogens with zero attached hydrogens (tertiary/aromatic N) is 5. The minimum atomic E-state index is -0.0631. The number of fused-ring (bicyclic) bond motifs is 1. The maximum Gasteiger partial charge on any atom is 0.258 e. The van der Waals surface area contributed by atoms with E-state index in [-0.39, 0.29) is 5.56 Å². The molecule has 160 valence electrons. The Labute approximate surface area is 197 Å². The molecule has 3 aromatic heterocycles. The zero-order valence-electron chi connectivity index (χ0n) is 17.1. The van der Waals surface area contributed by atoms with E-state index in [0.29, 0.717) is 28.1 Å². The Balaban J connectivity index is 1.49. The van der Waals surface area contributed by atoms with Crippen LogP contribution in [0.5, 0.6) is 0 Å². The maximum absolute atomic E-state index is 12.5. The highest BCUT2D eigenvalue weighted by Crippen LogP contribution is 2.31. The second-order valence-corrected chi connectivity index (χ2v) is 9.41. The van der Waals surface area contributed by atoms with Gasteiger partial charge >= 0.3 is 0 Å². The number of thiazole rings is 1. The van der Waals surface area contributed by atoms with Crippen molar-refractivity contribution in [2.24, 2.45) is 0 Å². The van der Waals surface area contributed by atoms with Crippen LogP contribution in [0, 0.1) is 6.92 Å². The van der Waals surface area contributed by atoms with Gasteiger partial charge in [0.2, 0.25) is 0 Å². The second kappa shape index (κ2) is 8.90. The summed E-state index contributed by atoms with van der Waals surface area (Å²) in [5, 5.41) is 12.2. The van der Waals surface area contributed by atoms with Crippen molar-refractivity contribution in [2.75, 3.05) is 0 Å². The largest absolute Gasteiger partial charge is 0.297 e. The molecule has 0 N–H and O–H groups in total. The van der Waals surface area contributed by atoms with Crippen LogP contribution in [0.25, 0.3) is 16.3 Å². The van der Waals surface area contributed by atoms with E-state index in [1.807, 2.05) is 54.8 Å². The van der Waals surface area contributed by atoms with Gasteiger partial charge < -0.3 is 0 Å². The number of aryl methyl sites for hydroxylation is 1. The Bertz CT molecular complexity index is 1460. The molecule has 5 rings (SSSR count). The van der Waals surface area contributed by atoms with Gasteiger partial charge in [0.15, 0.2) is 15.9 Å². The zero-order valence-corrected chi connectivity index (χ0v) is 19.5. The summed E-state index contributed by atoms with van der Waals surface area (Å²) in [5.41, 5.74) is 3.52. The molecule has 5 aromatic rings. The first-order valence-corrected chi connectivity index (χ1v) is 12.2. The summed E-state index contributed by atoms with van der Waals surface area (Å²) in [4.78, 5) is 17.8. The number of hydrogen-bond acceptors (Lipinski definition) is 6. The summed E-state index contributed by atoms with van der Waals surface area (Å²) in [6, 6.07) is 19.4. The van der Waals surface area contributed by atoms with Gasteiger partial charge in [-0.2, -0.15) is 0 Å². The topological polar surface area (TPSA) is 65.1 Å². The average molecular weight is 480 g/mol. The van der Waals surface area contributed by atoms with Crippen LogP contribution in [0.1, 0.15) is 17.0 Å². The minimum Gasteiger partial charge on any atom is -0.297 e. The van der Waals surface area contributed by atoms with Gasteiger partial charge in [-0.1, -0.05) is 65.8 Å². The van der Waals surface area contributed by atoms with Crippen LogP contribution in [0.2, 0.25) is 5.02 Å². The van der Waals surface area contributed by atoms with Gasteiger partial charge in [-0.25, -0.2) is 4.98 Å². The zero-order chi connectivity index (χ0) is 22.1. The Kier molecular flexibility index (Phi) is 5.82. The summed E-state index contributed by atoms with van der Waals surface area (Å²) < 4.78 is 3.69. The van der Waals surface area contributed by atoms with E-state index >= 15 is 0 Å². The molecule has 0 radical (unpaired) electrons. The lowest BCUT2D eigenvalue weighted by Gasteiger charge is -2.11. The molecule has 9 heteroatoms. The van der Waals surface area contributed by atoms with Crippen molar-refractivity contribution in [2.45, 2.75) is 24.4 Å². The lowest BCUT2D eigenvalue weighted by molar-refractivity contribution is 0.714. The fraction of sp³-hybridized carbons (Fsp3) is 0.130. The molecular formula is C23H18ClN5OS2. The number of rotatable bonds is 6. The number of hydrogen-bond donors (Lipinski definition) is 0. The van der Waals surface area contributed by atoms with Crippen molar-refractivity contribution in [1.29, 1.82) is 0 Å². The molecule has 2 aromatic carbocycles. The van der Waals surface area contributed by atoms with Crippen molar-refractivity contribution >= 4 is 39.7 Å². The first-order chi connectivity index (χ1) is 15.6. The average Bonchev–Trinajstić information content (AvgIpc) is 3.37. The van der Waals surface area contributed by atoms with E-state index < -0.39 is 0 Å². The molecule has 0 spiro atoms. The molecule has 0 saturated carbocycles. The highest BCUT2D eigenvalue weighted by atomic mass is 35.5. The van der Waals surface area contributed by atoms with Crippen LogP contribution in [0.4, 0.5) is 0 Å². The number of benzene rings is 2. The first-order valence-electron chi connectivity index (χ1n) is 9.92. The molecule has 0 aliphatic carbocycles. The predicted molar refractivity (Wildman–Crippen MR) is 130 cm³/mol. The van der Waals surface area contributed by atoms with Gasteiger partial charge in [-0.15, -0.1) is 21.5 Å². The molecule has 3 heterocycles. The van der Waals surface area contributed by atoms with Gasteiger partial charge in [-0.05, 0) is 24.6 Å². The van der Waals surface area contributed by atoms with Gasteiger partial charge in [0.25, 0.3) is 5.56 Å². The number of thioether (sulfide) groups is 1. The molecule has 0 atom stereocenters. The highest BCUT2D eigenvalue weighted by Gasteiger charge is 2.17. The molecule has 0 amide bonds. The first kappa shape index (κ1) is 20.9. The molecule has 0 saturated heterocycles. The maximum atomic E-state index is 12.5. The lowest BCUT2D eigenvalue weighted by atomic mass is 10.2. The quantitative estimate of drug-likeness (QED) is 0.308. The Hall–Kier alpha value is -2.94. The van der Waals surface area contributed by atoms with Gasteiger partial charge in [0.1, 0.15) is 0 Å². The summed E-state index contributed by atoms with van der Waals surface area (Å²) in [5.74, 6) is 1.22. The van der Waals surface area contributed by atoms with Crippen LogP contribution < -0.4 is 5.56 Å². The Morgan fingerprint density at radius 1 is 1.06 bits per heavy atom. The smallest absolute Gasteiger partial charge is 0.258 e. The number of aromatic nitrogens is 5. The standard InChI is InChI=1S/C23H18ClN5OS2/c1-15-13-31-22-25-17(11-20(30)29(15)22)14-32-23-27-26-21(18-9-5-6-10-19(18)24)28(23)12-16-7-3-2-4-8-16/h2-11,13H,12,14H2,1H3. The fourth-order valence-corrected chi connectivity index (χ4v) is 5.40. The van der Waals surface area contributed by atoms with Gasteiger partial charge in [0, 0.05) is 28.5 Å². The third kappa shape index (κ3) is 4.09. The highest BCUT2D eigenvalue weighted by molar-refractivity contribution is 7.98. The third-order valence-electron chi connectivity index (χ3n) is 4.99. The van der Waals surface area contributed by atoms with E-state index in [4.69, 9.17) is 11.6 Å². The van der Waals surface area contributed by atoms with E-state index in [1.165, 1.54) is 23.1 Å². The normalized spacial score (nSPS) is 11.3. The molecule has 0 aliphatic rings. The summed E-state index contributed by atoms with van der Waals surface area (Å²) >= 11 is 9.43. The molecule has 32 heavy (non-hydrogen) atoms. The Morgan fingerprint density at radius 2 is 1.84 bits per heavy atom. The van der Waals surface area contributed by atoms with Crippen molar-refractivity contribution < 1.29 is 0 Å². The summed E-state index contributed by atoms with van der Waals surface area (Å²) in [7, 11) is 0. The summed E-state index contributed by atoms with van der Waals surface area (Å²) in [6.07, 6.45) is 0. The molecule has 6 nitrogen and oxygen atoms in total. The van der Waals surface area contributed by atoms with Crippen molar-refractivity contribution in [3.63, 3.8) is 0 Å². The second-order valence-electron chi connectivity index (χ2n) is 7.23. The van der Waals surface area contributed by atoms with E-state index in [1.54, 1.807) is 10.5 Å². The summed E-state index contributed by atoms with van der Waals surface area (Å²) in [6.45, 7) is 2.51. The van der Waals surface area contributed by atoms with Gasteiger partial charge in [0.05, 0.1) is 17.3 Å². The van der Waals surface area contributed by atoms with E-state index in [9.17, 15) is 4.79 Å². The predicted octanol–water partition coefficient (Wildman–Crippen LogP) is 5.32. The Morgan fingerprint density at radius 3 is 2.66 bits per heavy atom. The van der Waals surface area contributed by atoms with Crippen molar-refractivity contribution in [3.8, 4) is 11.4 Å². The van der Waals surface area contributed by atoms with Crippen LogP contribution in [0.15, 0.2) is 76.0 Å². The van der Waals surface area contributed by atoms with Crippen molar-refractivity contribution in [3.05, 3.63) is 98.4 Å².